The summed E-state index contributed by atoms with van der Waals surface area (Å²) in [6, 6.07) is 14.3. The summed E-state index contributed by atoms with van der Waals surface area (Å²) >= 11 is 6.06. The largest absolute Gasteiger partial charge is 0.507 e. The van der Waals surface area contributed by atoms with Gasteiger partial charge in [0.05, 0.1) is 5.56 Å². The molecule has 5 heteroatoms. The second-order valence-electron chi connectivity index (χ2n) is 4.33. The van der Waals surface area contributed by atoms with Crippen molar-refractivity contribution in [3.05, 3.63) is 64.9 Å². The fourth-order valence-corrected chi connectivity index (χ4v) is 2.04. The molecule has 1 N–H and O–H groups in total. The van der Waals surface area contributed by atoms with Crippen LogP contribution in [0.15, 0.2) is 53.1 Å². The van der Waals surface area contributed by atoms with E-state index < -0.39 is 0 Å². The van der Waals surface area contributed by atoms with Gasteiger partial charge in [0.2, 0.25) is 0 Å². The van der Waals surface area contributed by atoms with E-state index in [1.54, 1.807) is 30.3 Å². The Hall–Kier alpha value is -2.59. The smallest absolute Gasteiger partial charge is 0.261 e. The van der Waals surface area contributed by atoms with Gasteiger partial charge < -0.3 is 9.63 Å². The molecule has 0 atom stereocenters. The lowest BCUT2D eigenvalue weighted by atomic mass is 10.2. The van der Waals surface area contributed by atoms with Crippen molar-refractivity contribution in [2.24, 2.45) is 0 Å². The van der Waals surface area contributed by atoms with Crippen molar-refractivity contribution < 1.29 is 9.63 Å². The number of phenolic OH excluding ortho intramolecular Hbond substituents is 1. The average molecular weight is 299 g/mol. The van der Waals surface area contributed by atoms with Crippen molar-refractivity contribution in [2.45, 2.75) is 0 Å². The van der Waals surface area contributed by atoms with Crippen LogP contribution in [-0.2, 0) is 0 Å². The van der Waals surface area contributed by atoms with E-state index in [-0.39, 0.29) is 11.6 Å². The van der Waals surface area contributed by atoms with Crippen LogP contribution < -0.4 is 0 Å². The molecule has 0 unspecified atom stereocenters. The van der Waals surface area contributed by atoms with Crippen molar-refractivity contribution in [1.29, 1.82) is 0 Å². The van der Waals surface area contributed by atoms with Gasteiger partial charge in [-0.15, -0.1) is 0 Å². The van der Waals surface area contributed by atoms with Crippen molar-refractivity contribution in [3.63, 3.8) is 0 Å². The van der Waals surface area contributed by atoms with E-state index in [4.69, 9.17) is 16.1 Å². The zero-order chi connectivity index (χ0) is 14.7. The lowest BCUT2D eigenvalue weighted by molar-refractivity contribution is 0.423. The molecule has 0 fully saturated rings. The van der Waals surface area contributed by atoms with Gasteiger partial charge in [-0.05, 0) is 35.9 Å². The number of nitrogens with zero attached hydrogens (tertiary/aromatic N) is 2. The van der Waals surface area contributed by atoms with Gasteiger partial charge in [0.1, 0.15) is 5.75 Å². The van der Waals surface area contributed by atoms with Crippen LogP contribution in [0.1, 0.15) is 11.4 Å². The number of aromatic nitrogens is 2. The first-order chi connectivity index (χ1) is 10.2. The molecule has 0 amide bonds. The van der Waals surface area contributed by atoms with Gasteiger partial charge in [-0.2, -0.15) is 4.98 Å². The third kappa shape index (κ3) is 2.95. The molecule has 0 radical (unpaired) electrons. The summed E-state index contributed by atoms with van der Waals surface area (Å²) < 4.78 is 5.14. The molecular weight excluding hydrogens is 288 g/mol. The highest BCUT2D eigenvalue weighted by molar-refractivity contribution is 6.32. The van der Waals surface area contributed by atoms with Gasteiger partial charge in [0, 0.05) is 5.02 Å². The standard InChI is InChI=1S/C16H11ClN2O2/c17-13-7-3-1-5-11(13)9-10-15-18-16(21-19-15)12-6-2-4-8-14(12)20/h1-10,20H/b10-9+. The number of hydrogen-bond donors (Lipinski definition) is 1. The van der Waals surface area contributed by atoms with Crippen LogP contribution in [0.4, 0.5) is 0 Å². The summed E-state index contributed by atoms with van der Waals surface area (Å²) in [7, 11) is 0. The highest BCUT2D eigenvalue weighted by Gasteiger charge is 2.10. The van der Waals surface area contributed by atoms with Gasteiger partial charge in [-0.3, -0.25) is 0 Å². The molecular formula is C16H11ClN2O2. The van der Waals surface area contributed by atoms with Crippen molar-refractivity contribution in [1.82, 2.24) is 10.1 Å². The fourth-order valence-electron chi connectivity index (χ4n) is 1.84. The normalized spacial score (nSPS) is 11.1. The van der Waals surface area contributed by atoms with Crippen molar-refractivity contribution >= 4 is 23.8 Å². The van der Waals surface area contributed by atoms with Gasteiger partial charge in [-0.25, -0.2) is 0 Å². The SMILES string of the molecule is Oc1ccccc1-c1nc(/C=C/c2ccccc2Cl)no1. The van der Waals surface area contributed by atoms with E-state index >= 15 is 0 Å². The van der Waals surface area contributed by atoms with E-state index in [2.05, 4.69) is 10.1 Å². The lowest BCUT2D eigenvalue weighted by Crippen LogP contribution is -1.79. The monoisotopic (exact) mass is 298 g/mol. The Morgan fingerprint density at radius 3 is 2.57 bits per heavy atom. The molecule has 3 rings (SSSR count). The molecule has 2 aromatic carbocycles. The van der Waals surface area contributed by atoms with Crippen LogP contribution >= 0.6 is 11.6 Å². The van der Waals surface area contributed by atoms with Crippen LogP contribution in [0, 0.1) is 0 Å². The first kappa shape index (κ1) is 13.4. The number of halogens is 1. The zero-order valence-electron chi connectivity index (χ0n) is 10.9. The second kappa shape index (κ2) is 5.81. The van der Waals surface area contributed by atoms with Crippen LogP contribution in [-0.4, -0.2) is 15.2 Å². The summed E-state index contributed by atoms with van der Waals surface area (Å²) in [5, 5.41) is 14.3. The van der Waals surface area contributed by atoms with Gasteiger partial charge in [0.15, 0.2) is 5.82 Å². The molecule has 0 aliphatic rings. The average Bonchev–Trinajstić information content (AvgIpc) is 2.96. The number of phenols is 1. The molecule has 0 aliphatic heterocycles. The molecule has 1 heterocycles. The Morgan fingerprint density at radius 1 is 1.00 bits per heavy atom. The Balaban J connectivity index is 1.86. The van der Waals surface area contributed by atoms with Gasteiger partial charge >= 0.3 is 0 Å². The molecule has 0 aliphatic carbocycles. The summed E-state index contributed by atoms with van der Waals surface area (Å²) in [6.45, 7) is 0. The summed E-state index contributed by atoms with van der Waals surface area (Å²) in [6.07, 6.45) is 3.51. The maximum atomic E-state index is 9.75. The molecule has 1 aromatic heterocycles. The van der Waals surface area contributed by atoms with E-state index in [0.717, 1.165) is 5.56 Å². The number of benzene rings is 2. The molecule has 0 bridgehead atoms. The minimum Gasteiger partial charge on any atom is -0.507 e. The maximum absolute atomic E-state index is 9.75. The quantitative estimate of drug-likeness (QED) is 0.784. The second-order valence-corrected chi connectivity index (χ2v) is 4.74. The zero-order valence-corrected chi connectivity index (χ0v) is 11.7. The Labute approximate surface area is 126 Å². The predicted octanol–water partition coefficient (Wildman–Crippen LogP) is 4.27. The number of para-hydroxylation sites is 1. The van der Waals surface area contributed by atoms with Crippen LogP contribution in [0.3, 0.4) is 0 Å². The van der Waals surface area contributed by atoms with Crippen molar-refractivity contribution in [2.75, 3.05) is 0 Å². The van der Waals surface area contributed by atoms with Crippen LogP contribution in [0.25, 0.3) is 23.6 Å². The van der Waals surface area contributed by atoms with E-state index in [1.807, 2.05) is 30.3 Å². The van der Waals surface area contributed by atoms with Crippen LogP contribution in [0.2, 0.25) is 5.02 Å². The van der Waals surface area contributed by atoms with Gasteiger partial charge in [0.25, 0.3) is 5.89 Å². The van der Waals surface area contributed by atoms with Crippen molar-refractivity contribution in [3.8, 4) is 17.2 Å². The molecule has 0 spiro atoms. The number of aromatic hydroxyl groups is 1. The summed E-state index contributed by atoms with van der Waals surface area (Å²) in [4.78, 5) is 4.22. The van der Waals surface area contributed by atoms with E-state index in [0.29, 0.717) is 16.4 Å². The fraction of sp³-hybridized carbons (Fsp3) is 0. The Morgan fingerprint density at radius 2 is 1.76 bits per heavy atom. The number of rotatable bonds is 3. The number of hydrogen-bond acceptors (Lipinski definition) is 4. The van der Waals surface area contributed by atoms with Crippen LogP contribution in [0.5, 0.6) is 5.75 Å². The predicted molar refractivity (Wildman–Crippen MR) is 81.8 cm³/mol. The molecule has 104 valence electrons. The minimum atomic E-state index is 0.0998. The van der Waals surface area contributed by atoms with E-state index in [9.17, 15) is 5.11 Å². The molecule has 3 aromatic rings. The molecule has 0 saturated heterocycles. The highest BCUT2D eigenvalue weighted by atomic mass is 35.5. The Kier molecular flexibility index (Phi) is 3.71. The maximum Gasteiger partial charge on any atom is 0.261 e. The topological polar surface area (TPSA) is 59.2 Å². The molecule has 4 nitrogen and oxygen atoms in total. The van der Waals surface area contributed by atoms with Gasteiger partial charge in [-0.1, -0.05) is 47.1 Å². The molecule has 21 heavy (non-hydrogen) atoms. The minimum absolute atomic E-state index is 0.0998. The lowest BCUT2D eigenvalue weighted by Gasteiger charge is -1.96. The first-order valence-corrected chi connectivity index (χ1v) is 6.66. The third-order valence-corrected chi connectivity index (χ3v) is 3.24. The summed E-state index contributed by atoms with van der Waals surface area (Å²) in [5.74, 6) is 0.780. The molecule has 0 saturated carbocycles. The van der Waals surface area contributed by atoms with E-state index in [1.165, 1.54) is 0 Å². The Bertz CT molecular complexity index is 796. The highest BCUT2D eigenvalue weighted by Crippen LogP contribution is 2.27. The summed E-state index contributed by atoms with van der Waals surface area (Å²) in [5.41, 5.74) is 1.37. The first-order valence-electron chi connectivity index (χ1n) is 6.29. The third-order valence-electron chi connectivity index (χ3n) is 2.89.